The smallest absolute Gasteiger partial charge is 0.227 e. The van der Waals surface area contributed by atoms with Crippen molar-refractivity contribution >= 4 is 17.5 Å². The van der Waals surface area contributed by atoms with Crippen LogP contribution in [0.5, 0.6) is 0 Å². The zero-order valence-electron chi connectivity index (χ0n) is 15.5. The largest absolute Gasteiger partial charge is 0.356 e. The van der Waals surface area contributed by atoms with Crippen LogP contribution in [0, 0.1) is 19.8 Å². The summed E-state index contributed by atoms with van der Waals surface area (Å²) in [6.07, 6.45) is 2.13. The minimum atomic E-state index is -0.263. The summed E-state index contributed by atoms with van der Waals surface area (Å²) < 4.78 is 0. The van der Waals surface area contributed by atoms with E-state index in [2.05, 4.69) is 24.4 Å². The van der Waals surface area contributed by atoms with E-state index in [4.69, 9.17) is 0 Å². The number of carbonyl (C=O) groups is 2. The summed E-state index contributed by atoms with van der Waals surface area (Å²) in [7, 11) is 0. The van der Waals surface area contributed by atoms with Gasteiger partial charge in [0.05, 0.1) is 5.92 Å². The maximum absolute atomic E-state index is 12.4. The van der Waals surface area contributed by atoms with Crippen LogP contribution < -0.4 is 10.2 Å². The van der Waals surface area contributed by atoms with E-state index >= 15 is 0 Å². The number of benzene rings is 2. The number of hydrogen-bond acceptors (Lipinski definition) is 2. The predicted octanol–water partition coefficient (Wildman–Crippen LogP) is 3.41. The van der Waals surface area contributed by atoms with Crippen LogP contribution in [0.4, 0.5) is 5.69 Å². The average Bonchev–Trinajstić information content (AvgIpc) is 3.04. The minimum Gasteiger partial charge on any atom is -0.356 e. The first-order chi connectivity index (χ1) is 12.5. The molecule has 4 nitrogen and oxygen atoms in total. The van der Waals surface area contributed by atoms with E-state index in [1.807, 2.05) is 43.3 Å². The number of rotatable bonds is 6. The van der Waals surface area contributed by atoms with Crippen LogP contribution in [0.25, 0.3) is 0 Å². The van der Waals surface area contributed by atoms with Crippen molar-refractivity contribution in [3.8, 4) is 0 Å². The summed E-state index contributed by atoms with van der Waals surface area (Å²) >= 11 is 0. The summed E-state index contributed by atoms with van der Waals surface area (Å²) in [5.74, 6) is -0.253. The lowest BCUT2D eigenvalue weighted by molar-refractivity contribution is -0.126. The van der Waals surface area contributed by atoms with E-state index < -0.39 is 0 Å². The van der Waals surface area contributed by atoms with E-state index in [0.717, 1.165) is 24.1 Å². The number of nitrogens with zero attached hydrogens (tertiary/aromatic N) is 1. The van der Waals surface area contributed by atoms with E-state index in [1.54, 1.807) is 4.90 Å². The SMILES string of the molecule is Cc1ccc(N2CC(C(=O)NCCCc3ccccc3)CC2=O)cc1C. The summed E-state index contributed by atoms with van der Waals surface area (Å²) in [5, 5.41) is 2.99. The molecule has 136 valence electrons. The van der Waals surface area contributed by atoms with Crippen LogP contribution in [0.2, 0.25) is 0 Å². The third-order valence-electron chi connectivity index (χ3n) is 5.08. The second kappa shape index (κ2) is 8.17. The molecule has 1 saturated heterocycles. The van der Waals surface area contributed by atoms with Gasteiger partial charge < -0.3 is 10.2 Å². The van der Waals surface area contributed by atoms with Crippen LogP contribution in [0.3, 0.4) is 0 Å². The first-order valence-corrected chi connectivity index (χ1v) is 9.24. The molecule has 4 heteroatoms. The molecule has 1 fully saturated rings. The number of anilines is 1. The van der Waals surface area contributed by atoms with E-state index in [9.17, 15) is 9.59 Å². The Bertz CT molecular complexity index is 786. The molecule has 0 bridgehead atoms. The monoisotopic (exact) mass is 350 g/mol. The normalized spacial score (nSPS) is 16.8. The van der Waals surface area contributed by atoms with Gasteiger partial charge >= 0.3 is 0 Å². The molecule has 1 aliphatic rings. The van der Waals surface area contributed by atoms with Gasteiger partial charge in [-0.1, -0.05) is 36.4 Å². The Morgan fingerprint density at radius 3 is 2.62 bits per heavy atom. The van der Waals surface area contributed by atoms with Gasteiger partial charge in [-0.05, 0) is 55.5 Å². The molecule has 1 atom stereocenters. The Morgan fingerprint density at radius 2 is 1.88 bits per heavy atom. The summed E-state index contributed by atoms with van der Waals surface area (Å²) in [6.45, 7) is 5.20. The highest BCUT2D eigenvalue weighted by Gasteiger charge is 2.34. The number of aryl methyl sites for hydroxylation is 3. The highest BCUT2D eigenvalue weighted by Crippen LogP contribution is 2.26. The molecule has 3 rings (SSSR count). The molecule has 0 saturated carbocycles. The van der Waals surface area contributed by atoms with Crippen molar-refractivity contribution in [1.82, 2.24) is 5.32 Å². The fourth-order valence-corrected chi connectivity index (χ4v) is 3.32. The van der Waals surface area contributed by atoms with Gasteiger partial charge in [0.1, 0.15) is 0 Å². The molecular formula is C22H26N2O2. The van der Waals surface area contributed by atoms with Crippen LogP contribution >= 0.6 is 0 Å². The quantitative estimate of drug-likeness (QED) is 0.812. The zero-order chi connectivity index (χ0) is 18.5. The van der Waals surface area contributed by atoms with Crippen molar-refractivity contribution in [2.24, 2.45) is 5.92 Å². The van der Waals surface area contributed by atoms with Gasteiger partial charge in [-0.3, -0.25) is 9.59 Å². The van der Waals surface area contributed by atoms with Crippen molar-refractivity contribution in [3.63, 3.8) is 0 Å². The van der Waals surface area contributed by atoms with Crippen LogP contribution in [0.15, 0.2) is 48.5 Å². The highest BCUT2D eigenvalue weighted by molar-refractivity contribution is 6.00. The standard InChI is InChI=1S/C22H26N2O2/c1-16-10-11-20(13-17(16)2)24-15-19(14-21(24)25)22(26)23-12-6-9-18-7-4-3-5-8-18/h3-5,7-8,10-11,13,19H,6,9,12,14-15H2,1-2H3,(H,23,26). The first-order valence-electron chi connectivity index (χ1n) is 9.24. The molecule has 2 amide bonds. The Balaban J connectivity index is 1.49. The van der Waals surface area contributed by atoms with Crippen molar-refractivity contribution < 1.29 is 9.59 Å². The highest BCUT2D eigenvalue weighted by atomic mass is 16.2. The zero-order valence-corrected chi connectivity index (χ0v) is 15.5. The van der Waals surface area contributed by atoms with Crippen LogP contribution in [-0.2, 0) is 16.0 Å². The number of amides is 2. The molecule has 0 radical (unpaired) electrons. The molecule has 1 N–H and O–H groups in total. The fourth-order valence-electron chi connectivity index (χ4n) is 3.32. The van der Waals surface area contributed by atoms with Gasteiger partial charge in [0.2, 0.25) is 11.8 Å². The third kappa shape index (κ3) is 4.31. The van der Waals surface area contributed by atoms with Gasteiger partial charge in [0.25, 0.3) is 0 Å². The second-order valence-corrected chi connectivity index (χ2v) is 7.05. The lowest BCUT2D eigenvalue weighted by Crippen LogP contribution is -2.33. The topological polar surface area (TPSA) is 49.4 Å². The number of nitrogens with one attached hydrogen (secondary N) is 1. The van der Waals surface area contributed by atoms with E-state index in [1.165, 1.54) is 11.1 Å². The first kappa shape index (κ1) is 18.2. The van der Waals surface area contributed by atoms with Crippen LogP contribution in [0.1, 0.15) is 29.5 Å². The molecule has 0 aromatic heterocycles. The molecule has 1 aliphatic heterocycles. The van der Waals surface area contributed by atoms with Crippen molar-refractivity contribution in [2.75, 3.05) is 18.0 Å². The maximum Gasteiger partial charge on any atom is 0.227 e. The Hall–Kier alpha value is -2.62. The molecule has 26 heavy (non-hydrogen) atoms. The molecule has 1 unspecified atom stereocenters. The number of carbonyl (C=O) groups excluding carboxylic acids is 2. The Kier molecular flexibility index (Phi) is 5.71. The predicted molar refractivity (Wildman–Crippen MR) is 104 cm³/mol. The molecule has 0 spiro atoms. The minimum absolute atomic E-state index is 0.0160. The summed E-state index contributed by atoms with van der Waals surface area (Å²) in [6, 6.07) is 16.3. The molecule has 2 aromatic rings. The number of hydrogen-bond donors (Lipinski definition) is 1. The molecule has 1 heterocycles. The van der Waals surface area contributed by atoms with Gasteiger partial charge in [0, 0.05) is 25.2 Å². The fraction of sp³-hybridized carbons (Fsp3) is 0.364. The van der Waals surface area contributed by atoms with E-state index in [-0.39, 0.29) is 24.2 Å². The van der Waals surface area contributed by atoms with Gasteiger partial charge in [-0.2, -0.15) is 0 Å². The van der Waals surface area contributed by atoms with E-state index in [0.29, 0.717) is 13.1 Å². The average molecular weight is 350 g/mol. The van der Waals surface area contributed by atoms with Crippen molar-refractivity contribution in [3.05, 3.63) is 65.2 Å². The second-order valence-electron chi connectivity index (χ2n) is 7.05. The lowest BCUT2D eigenvalue weighted by Gasteiger charge is -2.18. The lowest BCUT2D eigenvalue weighted by atomic mass is 10.1. The summed E-state index contributed by atoms with van der Waals surface area (Å²) in [5.41, 5.74) is 4.52. The van der Waals surface area contributed by atoms with Gasteiger partial charge in [0.15, 0.2) is 0 Å². The third-order valence-corrected chi connectivity index (χ3v) is 5.08. The molecule has 0 aliphatic carbocycles. The maximum atomic E-state index is 12.4. The van der Waals surface area contributed by atoms with Crippen molar-refractivity contribution in [2.45, 2.75) is 33.1 Å². The van der Waals surface area contributed by atoms with Gasteiger partial charge in [-0.25, -0.2) is 0 Å². The Labute approximate surface area is 155 Å². The molecular weight excluding hydrogens is 324 g/mol. The summed E-state index contributed by atoms with van der Waals surface area (Å²) in [4.78, 5) is 26.5. The Morgan fingerprint density at radius 1 is 1.12 bits per heavy atom. The van der Waals surface area contributed by atoms with Crippen molar-refractivity contribution in [1.29, 1.82) is 0 Å². The molecule has 2 aromatic carbocycles. The van der Waals surface area contributed by atoms with Crippen LogP contribution in [-0.4, -0.2) is 24.9 Å². The van der Waals surface area contributed by atoms with Gasteiger partial charge in [-0.15, -0.1) is 0 Å².